The lowest BCUT2D eigenvalue weighted by Crippen LogP contribution is -2.57. The Morgan fingerprint density at radius 3 is 2.11 bits per heavy atom. The van der Waals surface area contributed by atoms with Crippen LogP contribution in [0, 0.1) is 0 Å². The molecule has 188 valence electrons. The maximum atomic E-state index is 11.7. The van der Waals surface area contributed by atoms with Crippen LogP contribution in [0.4, 0.5) is 0 Å². The van der Waals surface area contributed by atoms with Gasteiger partial charge in [-0.25, -0.2) is 0 Å². The Labute approximate surface area is 208 Å². The number of allylic oxidation sites excluding steroid dienone is 1. The zero-order valence-electron chi connectivity index (χ0n) is 20.6. The van der Waals surface area contributed by atoms with E-state index in [0.29, 0.717) is 39.1 Å². The van der Waals surface area contributed by atoms with E-state index in [-0.39, 0.29) is 42.6 Å². The molecule has 0 aliphatic carbocycles. The minimum Gasteiger partial charge on any atom is -0.460 e. The Bertz CT molecular complexity index is 931. The molecule has 6 nitrogen and oxygen atoms in total. The summed E-state index contributed by atoms with van der Waals surface area (Å²) in [6, 6.07) is 20.2. The highest BCUT2D eigenvalue weighted by Crippen LogP contribution is 2.35. The predicted octanol–water partition coefficient (Wildman–Crippen LogP) is 5.00. The van der Waals surface area contributed by atoms with Crippen LogP contribution in [0.2, 0.25) is 0 Å². The molecular formula is C29H36O6. The Morgan fingerprint density at radius 2 is 1.49 bits per heavy atom. The summed E-state index contributed by atoms with van der Waals surface area (Å²) in [7, 11) is 0. The van der Waals surface area contributed by atoms with Crippen molar-refractivity contribution in [3.05, 3.63) is 83.9 Å². The molecule has 0 radical (unpaired) electrons. The summed E-state index contributed by atoms with van der Waals surface area (Å²) in [5.41, 5.74) is 2.23. The van der Waals surface area contributed by atoms with Crippen LogP contribution in [0.25, 0.3) is 0 Å². The van der Waals surface area contributed by atoms with Crippen molar-refractivity contribution in [1.82, 2.24) is 0 Å². The Kier molecular flexibility index (Phi) is 9.49. The van der Waals surface area contributed by atoms with Crippen LogP contribution in [-0.4, -0.2) is 49.2 Å². The lowest BCUT2D eigenvalue weighted by molar-refractivity contribution is -0.260. The normalized spacial score (nSPS) is 28.5. The van der Waals surface area contributed by atoms with E-state index >= 15 is 0 Å². The first-order valence-electron chi connectivity index (χ1n) is 12.5. The summed E-state index contributed by atoms with van der Waals surface area (Å²) >= 11 is 0. The maximum Gasteiger partial charge on any atom is 0.302 e. The molecule has 35 heavy (non-hydrogen) atoms. The first kappa shape index (κ1) is 25.6. The van der Waals surface area contributed by atoms with Crippen molar-refractivity contribution in [2.24, 2.45) is 0 Å². The average molecular weight is 481 g/mol. The predicted molar refractivity (Wildman–Crippen MR) is 133 cm³/mol. The van der Waals surface area contributed by atoms with Gasteiger partial charge in [0.25, 0.3) is 0 Å². The summed E-state index contributed by atoms with van der Waals surface area (Å²) in [5.74, 6) is -0.301. The molecule has 2 aromatic rings. The second-order valence-electron chi connectivity index (χ2n) is 9.19. The third-order valence-electron chi connectivity index (χ3n) is 6.49. The fourth-order valence-corrected chi connectivity index (χ4v) is 4.76. The van der Waals surface area contributed by atoms with Gasteiger partial charge in [-0.15, -0.1) is 0 Å². The molecule has 2 saturated heterocycles. The molecule has 6 atom stereocenters. The van der Waals surface area contributed by atoms with Gasteiger partial charge in [0.1, 0.15) is 12.2 Å². The number of carbonyl (C=O) groups is 1. The number of benzene rings is 2. The zero-order chi connectivity index (χ0) is 24.5. The summed E-state index contributed by atoms with van der Waals surface area (Å²) in [4.78, 5) is 11.7. The molecule has 0 unspecified atom stereocenters. The molecular weight excluding hydrogens is 444 g/mol. The van der Waals surface area contributed by atoms with Gasteiger partial charge in [-0.05, 0) is 24.5 Å². The van der Waals surface area contributed by atoms with Crippen LogP contribution in [0.3, 0.4) is 0 Å². The van der Waals surface area contributed by atoms with Crippen LogP contribution >= 0.6 is 0 Å². The SMILES string of the molecule is C/C=C/C[C@@H]1O[C@@H]2C[C@H](OCc3ccccc3)[C@@H](COCc3ccccc3)O[C@H]2C[C@H]1OC(C)=O. The molecule has 2 aliphatic rings. The van der Waals surface area contributed by atoms with Crippen molar-refractivity contribution in [2.75, 3.05) is 6.61 Å². The third-order valence-corrected chi connectivity index (χ3v) is 6.49. The molecule has 2 fully saturated rings. The Balaban J connectivity index is 1.43. The topological polar surface area (TPSA) is 63.2 Å². The second kappa shape index (κ2) is 13.0. The molecule has 0 bridgehead atoms. The van der Waals surface area contributed by atoms with Gasteiger partial charge in [-0.2, -0.15) is 0 Å². The molecule has 4 rings (SSSR count). The first-order valence-corrected chi connectivity index (χ1v) is 12.5. The van der Waals surface area contributed by atoms with Crippen LogP contribution in [-0.2, 0) is 41.7 Å². The van der Waals surface area contributed by atoms with Crippen molar-refractivity contribution in [1.29, 1.82) is 0 Å². The summed E-state index contributed by atoms with van der Waals surface area (Å²) in [5, 5.41) is 0. The van der Waals surface area contributed by atoms with E-state index in [0.717, 1.165) is 11.1 Å². The highest BCUT2D eigenvalue weighted by molar-refractivity contribution is 5.66. The third kappa shape index (κ3) is 7.48. The standard InChI is InChI=1S/C29H36O6/c1-3-4-15-24-26(33-21(2)30)17-28-27(34-24)16-25(32-19-23-13-9-6-10-14-23)29(35-28)20-31-18-22-11-7-5-8-12-22/h3-14,24-29H,15-20H2,1-2H3/b4-3+/t24-,25-,26+,27+,28-,29+/m0/s1. The molecule has 0 saturated carbocycles. The van der Waals surface area contributed by atoms with Gasteiger partial charge < -0.3 is 23.7 Å². The largest absolute Gasteiger partial charge is 0.460 e. The van der Waals surface area contributed by atoms with Gasteiger partial charge in [0.05, 0.1) is 44.2 Å². The number of hydrogen-bond donors (Lipinski definition) is 0. The number of ether oxygens (including phenoxy) is 5. The number of rotatable bonds is 10. The van der Waals surface area contributed by atoms with Gasteiger partial charge in [0, 0.05) is 19.8 Å². The van der Waals surface area contributed by atoms with Crippen LogP contribution in [0.1, 0.15) is 44.2 Å². The van der Waals surface area contributed by atoms with Crippen LogP contribution < -0.4 is 0 Å². The van der Waals surface area contributed by atoms with Gasteiger partial charge in [-0.1, -0.05) is 72.8 Å². The molecule has 6 heteroatoms. The fraction of sp³-hybridized carbons (Fsp3) is 0.483. The molecule has 0 amide bonds. The summed E-state index contributed by atoms with van der Waals surface area (Å²) < 4.78 is 31.0. The van der Waals surface area contributed by atoms with Crippen molar-refractivity contribution in [3.63, 3.8) is 0 Å². The fourth-order valence-electron chi connectivity index (χ4n) is 4.76. The lowest BCUT2D eigenvalue weighted by Gasteiger charge is -2.47. The minimum atomic E-state index is -0.336. The van der Waals surface area contributed by atoms with Crippen LogP contribution in [0.15, 0.2) is 72.8 Å². The second-order valence-corrected chi connectivity index (χ2v) is 9.19. The average Bonchev–Trinajstić information content (AvgIpc) is 2.87. The van der Waals surface area contributed by atoms with Crippen molar-refractivity contribution in [3.8, 4) is 0 Å². The van der Waals surface area contributed by atoms with E-state index in [1.54, 1.807) is 0 Å². The number of fused-ring (bicyclic) bond motifs is 1. The van der Waals surface area contributed by atoms with Crippen molar-refractivity contribution >= 4 is 5.97 Å². The van der Waals surface area contributed by atoms with Gasteiger partial charge in [-0.3, -0.25) is 4.79 Å². The Morgan fingerprint density at radius 1 is 0.886 bits per heavy atom. The lowest BCUT2D eigenvalue weighted by atomic mass is 9.89. The van der Waals surface area contributed by atoms with Gasteiger partial charge in [0.15, 0.2) is 0 Å². The van der Waals surface area contributed by atoms with E-state index in [2.05, 4.69) is 18.2 Å². The quantitative estimate of drug-likeness (QED) is 0.352. The zero-order valence-corrected chi connectivity index (χ0v) is 20.6. The molecule has 2 aromatic carbocycles. The molecule has 0 aromatic heterocycles. The van der Waals surface area contributed by atoms with E-state index in [1.165, 1.54) is 6.92 Å². The molecule has 2 heterocycles. The summed E-state index contributed by atoms with van der Waals surface area (Å²) in [6.07, 6.45) is 4.81. The molecule has 0 N–H and O–H groups in total. The monoisotopic (exact) mass is 480 g/mol. The summed E-state index contributed by atoms with van der Waals surface area (Å²) in [6.45, 7) is 4.84. The molecule has 2 aliphatic heterocycles. The van der Waals surface area contributed by atoms with Crippen molar-refractivity contribution < 1.29 is 28.5 Å². The maximum absolute atomic E-state index is 11.7. The van der Waals surface area contributed by atoms with E-state index < -0.39 is 0 Å². The number of esters is 1. The van der Waals surface area contributed by atoms with E-state index in [9.17, 15) is 4.79 Å². The van der Waals surface area contributed by atoms with E-state index in [1.807, 2.05) is 61.5 Å². The number of hydrogen-bond acceptors (Lipinski definition) is 6. The molecule has 0 spiro atoms. The van der Waals surface area contributed by atoms with E-state index in [4.69, 9.17) is 23.7 Å². The first-order chi connectivity index (χ1) is 17.1. The minimum absolute atomic E-state index is 0.122. The smallest absolute Gasteiger partial charge is 0.302 e. The van der Waals surface area contributed by atoms with Crippen LogP contribution in [0.5, 0.6) is 0 Å². The Hall–Kier alpha value is -2.51. The van der Waals surface area contributed by atoms with Crippen molar-refractivity contribution in [2.45, 2.75) is 82.9 Å². The number of carbonyl (C=O) groups excluding carboxylic acids is 1. The highest BCUT2D eigenvalue weighted by Gasteiger charge is 2.46. The highest BCUT2D eigenvalue weighted by atomic mass is 16.6. The van der Waals surface area contributed by atoms with Gasteiger partial charge in [0.2, 0.25) is 0 Å². The van der Waals surface area contributed by atoms with Gasteiger partial charge >= 0.3 is 5.97 Å².